The van der Waals surface area contributed by atoms with Gasteiger partial charge in [0.2, 0.25) is 0 Å². The van der Waals surface area contributed by atoms with E-state index in [-0.39, 0.29) is 0 Å². The maximum Gasteiger partial charge on any atom is -0.0209 e. The maximum absolute atomic E-state index is 4.06. The largest absolute Gasteiger partial charge is 0.0999 e. The first-order valence-corrected chi connectivity index (χ1v) is 5.69. The molecule has 0 nitrogen and oxygen atoms in total. The molecular weight excluding hydrogens is 156 g/mol. The smallest absolute Gasteiger partial charge is 0.0209 e. The highest BCUT2D eigenvalue weighted by Crippen LogP contribution is 2.40. The molecular formula is C13H24. The minimum atomic E-state index is 0.690. The molecule has 1 fully saturated rings. The molecule has 0 N–H and O–H groups in total. The van der Waals surface area contributed by atoms with Gasteiger partial charge in [-0.2, -0.15) is 0 Å². The van der Waals surface area contributed by atoms with E-state index < -0.39 is 0 Å². The second-order valence-electron chi connectivity index (χ2n) is 5.04. The zero-order valence-corrected chi connectivity index (χ0v) is 9.64. The van der Waals surface area contributed by atoms with Crippen molar-refractivity contribution in [2.24, 2.45) is 23.7 Å². The molecule has 0 heterocycles. The average Bonchev–Trinajstić information content (AvgIpc) is 1.98. The Bertz CT molecular complexity index is 176. The third-order valence-corrected chi connectivity index (χ3v) is 4.29. The Morgan fingerprint density at radius 1 is 1.23 bits per heavy atom. The van der Waals surface area contributed by atoms with Gasteiger partial charge < -0.3 is 0 Å². The molecule has 0 amide bonds. The second-order valence-corrected chi connectivity index (χ2v) is 5.04. The number of hydrogen-bond donors (Lipinski definition) is 0. The first-order chi connectivity index (χ1) is 6.04. The van der Waals surface area contributed by atoms with Crippen molar-refractivity contribution in [3.63, 3.8) is 0 Å². The van der Waals surface area contributed by atoms with Crippen LogP contribution in [0.3, 0.4) is 0 Å². The molecule has 76 valence electrons. The van der Waals surface area contributed by atoms with Crippen LogP contribution in [0.15, 0.2) is 12.2 Å². The summed E-state index contributed by atoms with van der Waals surface area (Å²) in [6, 6.07) is 0. The van der Waals surface area contributed by atoms with Gasteiger partial charge in [-0.15, -0.1) is 0 Å². The summed E-state index contributed by atoms with van der Waals surface area (Å²) in [5, 5.41) is 0. The molecule has 0 saturated heterocycles. The quantitative estimate of drug-likeness (QED) is 0.567. The van der Waals surface area contributed by atoms with Crippen LogP contribution in [0.4, 0.5) is 0 Å². The molecule has 1 saturated carbocycles. The van der Waals surface area contributed by atoms with E-state index in [4.69, 9.17) is 0 Å². The van der Waals surface area contributed by atoms with Crippen LogP contribution >= 0.6 is 0 Å². The lowest BCUT2D eigenvalue weighted by Crippen LogP contribution is -2.28. The van der Waals surface area contributed by atoms with Crippen molar-refractivity contribution in [3.05, 3.63) is 12.2 Å². The van der Waals surface area contributed by atoms with Crippen LogP contribution in [-0.2, 0) is 0 Å². The third-order valence-electron chi connectivity index (χ3n) is 4.29. The van der Waals surface area contributed by atoms with E-state index in [1.54, 1.807) is 0 Å². The van der Waals surface area contributed by atoms with Crippen LogP contribution in [0.5, 0.6) is 0 Å². The fraction of sp³-hybridized carbons (Fsp3) is 0.846. The van der Waals surface area contributed by atoms with Gasteiger partial charge in [-0.25, -0.2) is 0 Å². The van der Waals surface area contributed by atoms with Gasteiger partial charge in [0.1, 0.15) is 0 Å². The molecule has 1 aliphatic carbocycles. The van der Waals surface area contributed by atoms with Crippen LogP contribution in [0.2, 0.25) is 0 Å². The Kier molecular flexibility index (Phi) is 3.58. The van der Waals surface area contributed by atoms with E-state index in [9.17, 15) is 0 Å². The van der Waals surface area contributed by atoms with Crippen molar-refractivity contribution in [1.29, 1.82) is 0 Å². The summed E-state index contributed by atoms with van der Waals surface area (Å²) in [6.07, 6.45) is 4.39. The summed E-state index contributed by atoms with van der Waals surface area (Å²) >= 11 is 0. The summed E-state index contributed by atoms with van der Waals surface area (Å²) in [6.45, 7) is 13.4. The van der Waals surface area contributed by atoms with Crippen LogP contribution in [0.1, 0.15) is 47.0 Å². The normalized spacial score (nSPS) is 24.6. The lowest BCUT2D eigenvalue weighted by atomic mass is 9.68. The maximum atomic E-state index is 4.06. The van der Waals surface area contributed by atoms with Crippen molar-refractivity contribution < 1.29 is 0 Å². The molecule has 0 aromatic rings. The molecule has 0 radical (unpaired) electrons. The van der Waals surface area contributed by atoms with Crippen molar-refractivity contribution in [2.75, 3.05) is 0 Å². The van der Waals surface area contributed by atoms with Gasteiger partial charge in [-0.1, -0.05) is 52.2 Å². The van der Waals surface area contributed by atoms with E-state index in [0.29, 0.717) is 5.92 Å². The molecule has 3 unspecified atom stereocenters. The summed E-state index contributed by atoms with van der Waals surface area (Å²) in [7, 11) is 0. The van der Waals surface area contributed by atoms with Gasteiger partial charge in [0.05, 0.1) is 0 Å². The van der Waals surface area contributed by atoms with Gasteiger partial charge in [0.15, 0.2) is 0 Å². The van der Waals surface area contributed by atoms with Crippen molar-refractivity contribution in [1.82, 2.24) is 0 Å². The number of hydrogen-bond acceptors (Lipinski definition) is 0. The fourth-order valence-electron chi connectivity index (χ4n) is 2.30. The highest BCUT2D eigenvalue weighted by Gasteiger charge is 2.30. The zero-order chi connectivity index (χ0) is 10.0. The first-order valence-electron chi connectivity index (χ1n) is 5.69. The van der Waals surface area contributed by atoms with Crippen LogP contribution in [-0.4, -0.2) is 0 Å². The SMILES string of the molecule is C=C(C)C(C)C(C)C(C)C1CCC1. The Morgan fingerprint density at radius 3 is 2.08 bits per heavy atom. The second kappa shape index (κ2) is 4.30. The molecule has 1 rings (SSSR count). The predicted molar refractivity (Wildman–Crippen MR) is 59.6 cm³/mol. The Labute approximate surface area is 83.4 Å². The Balaban J connectivity index is 2.44. The molecule has 13 heavy (non-hydrogen) atoms. The van der Waals surface area contributed by atoms with E-state index in [1.807, 2.05) is 0 Å². The monoisotopic (exact) mass is 180 g/mol. The van der Waals surface area contributed by atoms with Crippen LogP contribution in [0, 0.1) is 23.7 Å². The van der Waals surface area contributed by atoms with Gasteiger partial charge in [-0.05, 0) is 30.6 Å². The minimum absolute atomic E-state index is 0.690. The Morgan fingerprint density at radius 2 is 1.77 bits per heavy atom. The van der Waals surface area contributed by atoms with E-state index >= 15 is 0 Å². The molecule has 0 spiro atoms. The lowest BCUT2D eigenvalue weighted by molar-refractivity contribution is 0.145. The molecule has 0 bridgehead atoms. The predicted octanol–water partition coefficient (Wildman–Crippen LogP) is 4.27. The summed E-state index contributed by atoms with van der Waals surface area (Å²) < 4.78 is 0. The van der Waals surface area contributed by atoms with Gasteiger partial charge >= 0.3 is 0 Å². The number of allylic oxidation sites excluding steroid dienone is 1. The Hall–Kier alpha value is -0.260. The standard InChI is InChI=1S/C13H24/c1-9(2)10(3)11(4)12(5)13-7-6-8-13/h10-13H,1,6-8H2,2-5H3. The number of rotatable bonds is 4. The molecule has 0 aliphatic heterocycles. The van der Waals surface area contributed by atoms with Crippen LogP contribution < -0.4 is 0 Å². The first kappa shape index (κ1) is 10.8. The third kappa shape index (κ3) is 2.36. The summed E-state index contributed by atoms with van der Waals surface area (Å²) in [5.74, 6) is 3.40. The summed E-state index contributed by atoms with van der Waals surface area (Å²) in [4.78, 5) is 0. The van der Waals surface area contributed by atoms with Gasteiger partial charge in [0.25, 0.3) is 0 Å². The highest BCUT2D eigenvalue weighted by atomic mass is 14.3. The molecule has 1 aliphatic rings. The van der Waals surface area contributed by atoms with Gasteiger partial charge in [-0.3, -0.25) is 0 Å². The van der Waals surface area contributed by atoms with E-state index in [2.05, 4.69) is 34.3 Å². The van der Waals surface area contributed by atoms with Crippen molar-refractivity contribution in [3.8, 4) is 0 Å². The zero-order valence-electron chi connectivity index (χ0n) is 9.64. The summed E-state index contributed by atoms with van der Waals surface area (Å²) in [5.41, 5.74) is 1.35. The lowest BCUT2D eigenvalue weighted by Gasteiger charge is -2.37. The average molecular weight is 180 g/mol. The van der Waals surface area contributed by atoms with E-state index in [1.165, 1.54) is 24.8 Å². The topological polar surface area (TPSA) is 0 Å². The van der Waals surface area contributed by atoms with Crippen LogP contribution in [0.25, 0.3) is 0 Å². The highest BCUT2D eigenvalue weighted by molar-refractivity contribution is 4.97. The molecule has 0 heteroatoms. The van der Waals surface area contributed by atoms with E-state index in [0.717, 1.165) is 17.8 Å². The fourth-order valence-corrected chi connectivity index (χ4v) is 2.30. The molecule has 0 aromatic carbocycles. The molecule has 3 atom stereocenters. The van der Waals surface area contributed by atoms with Crippen molar-refractivity contribution in [2.45, 2.75) is 47.0 Å². The molecule has 0 aromatic heterocycles. The minimum Gasteiger partial charge on any atom is -0.0999 e. The van der Waals surface area contributed by atoms with Gasteiger partial charge in [0, 0.05) is 0 Å². The van der Waals surface area contributed by atoms with Crippen molar-refractivity contribution >= 4 is 0 Å².